The predicted molar refractivity (Wildman–Crippen MR) is 98.6 cm³/mol. The summed E-state index contributed by atoms with van der Waals surface area (Å²) in [4.78, 5) is 14.3. The molecule has 2 rings (SSSR count). The monoisotopic (exact) mass is 329 g/mol. The Morgan fingerprint density at radius 2 is 2.04 bits per heavy atom. The van der Waals surface area contributed by atoms with Crippen LogP contribution in [0.25, 0.3) is 0 Å². The summed E-state index contributed by atoms with van der Waals surface area (Å²) in [6.07, 6.45) is 0.688. The van der Waals surface area contributed by atoms with E-state index in [1.807, 2.05) is 51.2 Å². The zero-order valence-electron chi connectivity index (χ0n) is 15.1. The van der Waals surface area contributed by atoms with Gasteiger partial charge in [-0.15, -0.1) is 0 Å². The number of H-pyrrole nitrogens is 1. The van der Waals surface area contributed by atoms with Crippen molar-refractivity contribution >= 4 is 17.4 Å². The number of urea groups is 1. The Balaban J connectivity index is 1.91. The Morgan fingerprint density at radius 1 is 1.29 bits per heavy atom. The Bertz CT molecular complexity index is 680. The number of anilines is 2. The molecular formula is C18H27N5O. The van der Waals surface area contributed by atoms with Gasteiger partial charge in [-0.1, -0.05) is 6.07 Å². The van der Waals surface area contributed by atoms with Crippen LogP contribution >= 0.6 is 0 Å². The average Bonchev–Trinajstić information content (AvgIpc) is 2.91. The van der Waals surface area contributed by atoms with E-state index < -0.39 is 0 Å². The first kappa shape index (κ1) is 17.8. The van der Waals surface area contributed by atoms with Crippen LogP contribution in [0.5, 0.6) is 0 Å². The van der Waals surface area contributed by atoms with Crippen molar-refractivity contribution in [1.29, 1.82) is 0 Å². The number of aromatic amines is 1. The second-order valence-electron chi connectivity index (χ2n) is 6.50. The number of aryl methyl sites for hydroxylation is 1. The highest BCUT2D eigenvalue weighted by atomic mass is 16.2. The zero-order valence-corrected chi connectivity index (χ0v) is 15.1. The Hall–Kier alpha value is -2.50. The molecule has 2 aromatic rings. The minimum atomic E-state index is -0.209. The molecule has 6 nitrogen and oxygen atoms in total. The van der Waals surface area contributed by atoms with Crippen molar-refractivity contribution in [1.82, 2.24) is 15.5 Å². The normalized spacial score (nSPS) is 12.1. The zero-order chi connectivity index (χ0) is 17.7. The lowest BCUT2D eigenvalue weighted by Gasteiger charge is -2.24. The number of nitrogens with one attached hydrogen (secondary N) is 3. The van der Waals surface area contributed by atoms with Gasteiger partial charge in [0.2, 0.25) is 0 Å². The highest BCUT2D eigenvalue weighted by Gasteiger charge is 2.11. The van der Waals surface area contributed by atoms with Crippen LogP contribution in [0, 0.1) is 6.92 Å². The first-order valence-electron chi connectivity index (χ1n) is 8.26. The van der Waals surface area contributed by atoms with Gasteiger partial charge < -0.3 is 15.5 Å². The molecule has 1 aromatic heterocycles. The van der Waals surface area contributed by atoms with Gasteiger partial charge in [-0.05, 0) is 52.0 Å². The fourth-order valence-corrected chi connectivity index (χ4v) is 2.44. The van der Waals surface area contributed by atoms with E-state index in [2.05, 4.69) is 39.6 Å². The van der Waals surface area contributed by atoms with Gasteiger partial charge >= 0.3 is 6.03 Å². The number of aromatic nitrogens is 2. The first-order chi connectivity index (χ1) is 11.3. The Kier molecular flexibility index (Phi) is 5.84. The van der Waals surface area contributed by atoms with E-state index in [9.17, 15) is 4.79 Å². The van der Waals surface area contributed by atoms with Crippen molar-refractivity contribution in [3.8, 4) is 0 Å². The minimum absolute atomic E-state index is 0.00535. The molecule has 0 spiro atoms. The van der Waals surface area contributed by atoms with Crippen LogP contribution in [0.1, 0.15) is 32.2 Å². The second kappa shape index (κ2) is 7.86. The summed E-state index contributed by atoms with van der Waals surface area (Å²) in [5.74, 6) is 0. The topological polar surface area (TPSA) is 73.1 Å². The van der Waals surface area contributed by atoms with E-state index in [1.54, 1.807) is 0 Å². The lowest BCUT2D eigenvalue weighted by atomic mass is 10.2. The third-order valence-electron chi connectivity index (χ3n) is 3.94. The summed E-state index contributed by atoms with van der Waals surface area (Å²) < 4.78 is 0. The second-order valence-corrected chi connectivity index (χ2v) is 6.50. The van der Waals surface area contributed by atoms with E-state index in [1.165, 1.54) is 0 Å². The summed E-state index contributed by atoms with van der Waals surface area (Å²) in [7, 11) is 2.04. The smallest absolute Gasteiger partial charge is 0.319 e. The SMILES string of the molecule is Cc1cc(C[C@H](C)NC(=O)Nc2cccc(N(C)C(C)C)c2)n[nH]1. The molecule has 0 radical (unpaired) electrons. The fraction of sp³-hybridized carbons (Fsp3) is 0.444. The molecule has 2 amide bonds. The maximum absolute atomic E-state index is 12.2. The molecule has 0 aliphatic heterocycles. The third-order valence-corrected chi connectivity index (χ3v) is 3.94. The van der Waals surface area contributed by atoms with E-state index in [0.717, 1.165) is 22.8 Å². The number of rotatable bonds is 6. The van der Waals surface area contributed by atoms with Crippen LogP contribution in [-0.2, 0) is 6.42 Å². The van der Waals surface area contributed by atoms with Crippen LogP contribution in [0.4, 0.5) is 16.2 Å². The molecule has 0 aliphatic rings. The molecule has 130 valence electrons. The van der Waals surface area contributed by atoms with Crippen LogP contribution in [0.3, 0.4) is 0 Å². The van der Waals surface area contributed by atoms with E-state index >= 15 is 0 Å². The van der Waals surface area contributed by atoms with Gasteiger partial charge in [0.15, 0.2) is 0 Å². The van der Waals surface area contributed by atoms with Crippen molar-refractivity contribution in [3.05, 3.63) is 41.7 Å². The molecule has 3 N–H and O–H groups in total. The van der Waals surface area contributed by atoms with Crippen molar-refractivity contribution in [2.24, 2.45) is 0 Å². The van der Waals surface area contributed by atoms with Gasteiger partial charge in [0.1, 0.15) is 0 Å². The average molecular weight is 329 g/mol. The molecular weight excluding hydrogens is 302 g/mol. The molecule has 24 heavy (non-hydrogen) atoms. The summed E-state index contributed by atoms with van der Waals surface area (Å²) in [6, 6.07) is 10.0. The Morgan fingerprint density at radius 3 is 2.67 bits per heavy atom. The van der Waals surface area contributed by atoms with Gasteiger partial charge in [0.05, 0.1) is 5.69 Å². The van der Waals surface area contributed by atoms with Gasteiger partial charge in [-0.25, -0.2) is 4.79 Å². The van der Waals surface area contributed by atoms with Gasteiger partial charge in [0.25, 0.3) is 0 Å². The Labute approximate surface area is 143 Å². The molecule has 1 aromatic carbocycles. The van der Waals surface area contributed by atoms with Gasteiger partial charge in [-0.3, -0.25) is 5.10 Å². The van der Waals surface area contributed by atoms with E-state index in [4.69, 9.17) is 0 Å². The van der Waals surface area contributed by atoms with Crippen molar-refractivity contribution in [2.75, 3.05) is 17.3 Å². The largest absolute Gasteiger partial charge is 0.372 e. The molecule has 1 atom stereocenters. The predicted octanol–water partition coefficient (Wildman–Crippen LogP) is 3.32. The standard InChI is InChI=1S/C18H27N5O/c1-12(2)23(5)17-8-6-7-15(11-17)20-18(24)19-13(3)9-16-10-14(4)21-22-16/h6-8,10-13H,9H2,1-5H3,(H,21,22)(H2,19,20,24)/t13-/m0/s1. The lowest BCUT2D eigenvalue weighted by Crippen LogP contribution is -2.37. The van der Waals surface area contributed by atoms with Crippen LogP contribution in [0.2, 0.25) is 0 Å². The number of nitrogens with zero attached hydrogens (tertiary/aromatic N) is 2. The van der Waals surface area contributed by atoms with Crippen molar-refractivity contribution in [3.63, 3.8) is 0 Å². The van der Waals surface area contributed by atoms with Gasteiger partial charge in [-0.2, -0.15) is 5.10 Å². The number of amides is 2. The highest BCUT2D eigenvalue weighted by Crippen LogP contribution is 2.20. The molecule has 0 saturated carbocycles. The maximum atomic E-state index is 12.2. The molecule has 6 heteroatoms. The molecule has 0 unspecified atom stereocenters. The van der Waals surface area contributed by atoms with Crippen LogP contribution < -0.4 is 15.5 Å². The molecule has 0 aliphatic carbocycles. The van der Waals surface area contributed by atoms with Crippen LogP contribution in [0.15, 0.2) is 30.3 Å². The molecule has 0 saturated heterocycles. The third kappa shape index (κ3) is 5.01. The summed E-state index contributed by atoms with van der Waals surface area (Å²) in [6.45, 7) is 8.19. The maximum Gasteiger partial charge on any atom is 0.319 e. The summed E-state index contributed by atoms with van der Waals surface area (Å²) in [5.41, 5.74) is 3.82. The summed E-state index contributed by atoms with van der Waals surface area (Å²) >= 11 is 0. The number of hydrogen-bond donors (Lipinski definition) is 3. The van der Waals surface area contributed by atoms with Crippen molar-refractivity contribution < 1.29 is 4.79 Å². The van der Waals surface area contributed by atoms with E-state index in [0.29, 0.717) is 12.5 Å². The minimum Gasteiger partial charge on any atom is -0.372 e. The molecule has 1 heterocycles. The summed E-state index contributed by atoms with van der Waals surface area (Å²) in [5, 5.41) is 12.9. The highest BCUT2D eigenvalue weighted by molar-refractivity contribution is 5.90. The molecule has 0 bridgehead atoms. The lowest BCUT2D eigenvalue weighted by molar-refractivity contribution is 0.249. The number of carbonyl (C=O) groups is 1. The molecule has 0 fully saturated rings. The number of benzene rings is 1. The van der Waals surface area contributed by atoms with Crippen molar-refractivity contribution in [2.45, 2.75) is 46.2 Å². The van der Waals surface area contributed by atoms with Crippen LogP contribution in [-0.4, -0.2) is 35.4 Å². The first-order valence-corrected chi connectivity index (χ1v) is 8.26. The van der Waals surface area contributed by atoms with Gasteiger partial charge in [0, 0.05) is 42.6 Å². The van der Waals surface area contributed by atoms with E-state index in [-0.39, 0.29) is 12.1 Å². The number of carbonyl (C=O) groups excluding carboxylic acids is 1. The number of hydrogen-bond acceptors (Lipinski definition) is 3. The fourth-order valence-electron chi connectivity index (χ4n) is 2.44. The quantitative estimate of drug-likeness (QED) is 0.761.